The summed E-state index contributed by atoms with van der Waals surface area (Å²) in [5, 5.41) is 6.74. The van der Waals surface area contributed by atoms with Gasteiger partial charge in [0.05, 0.1) is 0 Å². The van der Waals surface area contributed by atoms with Gasteiger partial charge in [-0.3, -0.25) is 4.79 Å². The lowest BCUT2D eigenvalue weighted by atomic mass is 10.1. The molecule has 0 radical (unpaired) electrons. The summed E-state index contributed by atoms with van der Waals surface area (Å²) < 4.78 is 0. The lowest BCUT2D eigenvalue weighted by Gasteiger charge is -2.11. The molecule has 6 heteroatoms. The second-order valence-electron chi connectivity index (χ2n) is 6.24. The number of aryl methyl sites for hydroxylation is 2. The van der Waals surface area contributed by atoms with E-state index in [0.717, 1.165) is 5.56 Å². The standard InChI is InChI=1S/C21H21ClN4O/c1-14-7-3-4-8-16(14)12-23-20-11-19(25-15(2)26-20)21(27)24-13-17-9-5-6-10-18(17)22/h3-11H,12-13H2,1-2H3,(H,24,27)(H,23,25,26). The Bertz CT molecular complexity index is 958. The highest BCUT2D eigenvalue weighted by atomic mass is 35.5. The molecule has 2 N–H and O–H groups in total. The zero-order valence-corrected chi connectivity index (χ0v) is 16.0. The van der Waals surface area contributed by atoms with Crippen molar-refractivity contribution >= 4 is 23.3 Å². The first-order chi connectivity index (χ1) is 13.0. The van der Waals surface area contributed by atoms with E-state index in [2.05, 4.69) is 39.7 Å². The van der Waals surface area contributed by atoms with E-state index in [1.165, 1.54) is 11.1 Å². The predicted molar refractivity (Wildman–Crippen MR) is 108 cm³/mol. The van der Waals surface area contributed by atoms with E-state index in [1.54, 1.807) is 19.1 Å². The number of aromatic nitrogens is 2. The summed E-state index contributed by atoms with van der Waals surface area (Å²) in [5.74, 6) is 0.890. The molecule has 1 aromatic heterocycles. The molecule has 0 saturated carbocycles. The summed E-state index contributed by atoms with van der Waals surface area (Å²) in [4.78, 5) is 21.1. The van der Waals surface area contributed by atoms with Crippen LogP contribution in [0.4, 0.5) is 5.82 Å². The molecule has 0 saturated heterocycles. The van der Waals surface area contributed by atoms with Gasteiger partial charge in [-0.25, -0.2) is 9.97 Å². The minimum Gasteiger partial charge on any atom is -0.366 e. The van der Waals surface area contributed by atoms with Gasteiger partial charge in [-0.2, -0.15) is 0 Å². The summed E-state index contributed by atoms with van der Waals surface area (Å²) in [7, 11) is 0. The van der Waals surface area contributed by atoms with Crippen LogP contribution < -0.4 is 10.6 Å². The second-order valence-corrected chi connectivity index (χ2v) is 6.65. The Morgan fingerprint density at radius 2 is 1.67 bits per heavy atom. The van der Waals surface area contributed by atoms with Crippen LogP contribution in [0, 0.1) is 13.8 Å². The summed E-state index contributed by atoms with van der Waals surface area (Å²) in [6.07, 6.45) is 0. The second kappa shape index (κ2) is 8.64. The molecule has 2 aromatic carbocycles. The SMILES string of the molecule is Cc1nc(NCc2ccccc2C)cc(C(=O)NCc2ccccc2Cl)n1. The zero-order chi connectivity index (χ0) is 19.2. The van der Waals surface area contributed by atoms with Crippen LogP contribution in [0.2, 0.25) is 5.02 Å². The molecule has 138 valence electrons. The summed E-state index contributed by atoms with van der Waals surface area (Å²) in [6, 6.07) is 17.2. The van der Waals surface area contributed by atoms with Gasteiger partial charge in [-0.05, 0) is 36.6 Å². The van der Waals surface area contributed by atoms with E-state index < -0.39 is 0 Å². The number of hydrogen-bond donors (Lipinski definition) is 2. The molecule has 3 rings (SSSR count). The third kappa shape index (κ3) is 5.05. The third-order valence-corrected chi connectivity index (χ3v) is 4.56. The van der Waals surface area contributed by atoms with Crippen LogP contribution in [0.3, 0.4) is 0 Å². The molecule has 0 unspecified atom stereocenters. The minimum atomic E-state index is -0.264. The van der Waals surface area contributed by atoms with Gasteiger partial charge in [-0.1, -0.05) is 54.1 Å². The first-order valence-corrected chi connectivity index (χ1v) is 9.06. The fraction of sp³-hybridized carbons (Fsp3) is 0.190. The van der Waals surface area contributed by atoms with E-state index in [9.17, 15) is 4.79 Å². The van der Waals surface area contributed by atoms with Crippen LogP contribution in [0.15, 0.2) is 54.6 Å². The maximum atomic E-state index is 12.5. The molecule has 0 aliphatic rings. The molecule has 1 amide bonds. The lowest BCUT2D eigenvalue weighted by molar-refractivity contribution is 0.0945. The number of benzene rings is 2. The van der Waals surface area contributed by atoms with Gasteiger partial charge in [0.25, 0.3) is 5.91 Å². The number of hydrogen-bond acceptors (Lipinski definition) is 4. The molecule has 27 heavy (non-hydrogen) atoms. The average Bonchev–Trinajstić information content (AvgIpc) is 2.66. The first-order valence-electron chi connectivity index (χ1n) is 8.68. The molecule has 0 aliphatic carbocycles. The van der Waals surface area contributed by atoms with Gasteiger partial charge in [0, 0.05) is 24.2 Å². The molecule has 0 bridgehead atoms. The molecule has 0 atom stereocenters. The molecule has 0 aliphatic heterocycles. The molecule has 1 heterocycles. The molecule has 3 aromatic rings. The molecule has 5 nitrogen and oxygen atoms in total. The normalized spacial score (nSPS) is 10.5. The van der Waals surface area contributed by atoms with Gasteiger partial charge in [-0.15, -0.1) is 0 Å². The van der Waals surface area contributed by atoms with Crippen LogP contribution in [-0.2, 0) is 13.1 Å². The Hall–Kier alpha value is -2.92. The van der Waals surface area contributed by atoms with Gasteiger partial charge in [0.15, 0.2) is 0 Å². The average molecular weight is 381 g/mol. The number of anilines is 1. The highest BCUT2D eigenvalue weighted by molar-refractivity contribution is 6.31. The molecular weight excluding hydrogens is 360 g/mol. The van der Waals surface area contributed by atoms with Crippen LogP contribution >= 0.6 is 11.6 Å². The van der Waals surface area contributed by atoms with Crippen LogP contribution in [0.5, 0.6) is 0 Å². The Kier molecular flexibility index (Phi) is 6.04. The summed E-state index contributed by atoms with van der Waals surface area (Å²) in [5.41, 5.74) is 3.56. The smallest absolute Gasteiger partial charge is 0.270 e. The van der Waals surface area contributed by atoms with Gasteiger partial charge >= 0.3 is 0 Å². The lowest BCUT2D eigenvalue weighted by Crippen LogP contribution is -2.24. The number of amides is 1. The number of carbonyl (C=O) groups excluding carboxylic acids is 1. The van der Waals surface area contributed by atoms with Crippen molar-refractivity contribution in [2.75, 3.05) is 5.32 Å². The minimum absolute atomic E-state index is 0.264. The van der Waals surface area contributed by atoms with Crippen molar-refractivity contribution in [2.24, 2.45) is 0 Å². The van der Waals surface area contributed by atoms with Crippen molar-refractivity contribution in [2.45, 2.75) is 26.9 Å². The number of carbonyl (C=O) groups is 1. The molecular formula is C21H21ClN4O. The van der Waals surface area contributed by atoms with Gasteiger partial charge in [0.1, 0.15) is 17.3 Å². The van der Waals surface area contributed by atoms with Crippen molar-refractivity contribution in [3.63, 3.8) is 0 Å². The van der Waals surface area contributed by atoms with E-state index in [4.69, 9.17) is 11.6 Å². The number of halogens is 1. The third-order valence-electron chi connectivity index (χ3n) is 4.19. The number of nitrogens with one attached hydrogen (secondary N) is 2. The predicted octanol–water partition coefficient (Wildman–Crippen LogP) is 4.29. The van der Waals surface area contributed by atoms with Gasteiger partial charge in [0.2, 0.25) is 0 Å². The highest BCUT2D eigenvalue weighted by Gasteiger charge is 2.11. The molecule has 0 spiro atoms. The van der Waals surface area contributed by atoms with Gasteiger partial charge < -0.3 is 10.6 Å². The largest absolute Gasteiger partial charge is 0.366 e. The fourth-order valence-corrected chi connectivity index (χ4v) is 2.88. The van der Waals surface area contributed by atoms with Crippen molar-refractivity contribution in [1.29, 1.82) is 0 Å². The fourth-order valence-electron chi connectivity index (χ4n) is 2.68. The summed E-state index contributed by atoms with van der Waals surface area (Å²) >= 11 is 6.13. The topological polar surface area (TPSA) is 66.9 Å². The Balaban J connectivity index is 1.68. The first kappa shape index (κ1) is 18.9. The Labute approximate surface area is 163 Å². The van der Waals surface area contributed by atoms with Crippen molar-refractivity contribution in [3.05, 3.63) is 87.8 Å². The van der Waals surface area contributed by atoms with Crippen LogP contribution in [0.25, 0.3) is 0 Å². The van der Waals surface area contributed by atoms with Crippen molar-refractivity contribution in [1.82, 2.24) is 15.3 Å². The quantitative estimate of drug-likeness (QED) is 0.669. The summed E-state index contributed by atoms with van der Waals surface area (Å²) in [6.45, 7) is 4.80. The van der Waals surface area contributed by atoms with Crippen molar-refractivity contribution < 1.29 is 4.79 Å². The monoisotopic (exact) mass is 380 g/mol. The highest BCUT2D eigenvalue weighted by Crippen LogP contribution is 2.15. The van der Waals surface area contributed by atoms with E-state index in [1.807, 2.05) is 30.3 Å². The maximum absolute atomic E-state index is 12.5. The molecule has 0 fully saturated rings. The van der Waals surface area contributed by atoms with E-state index in [-0.39, 0.29) is 5.91 Å². The van der Waals surface area contributed by atoms with Crippen molar-refractivity contribution in [3.8, 4) is 0 Å². The zero-order valence-electron chi connectivity index (χ0n) is 15.3. The number of nitrogens with zero attached hydrogens (tertiary/aromatic N) is 2. The Morgan fingerprint density at radius 1 is 0.963 bits per heavy atom. The number of rotatable bonds is 6. The maximum Gasteiger partial charge on any atom is 0.270 e. The van der Waals surface area contributed by atoms with Crippen LogP contribution in [-0.4, -0.2) is 15.9 Å². The van der Waals surface area contributed by atoms with Crippen LogP contribution in [0.1, 0.15) is 33.0 Å². The Morgan fingerprint density at radius 3 is 2.41 bits per heavy atom. The van der Waals surface area contributed by atoms with E-state index in [0.29, 0.717) is 35.4 Å². The van der Waals surface area contributed by atoms with E-state index >= 15 is 0 Å².